The van der Waals surface area contributed by atoms with Crippen molar-refractivity contribution in [3.05, 3.63) is 78.9 Å². The van der Waals surface area contributed by atoms with Crippen LogP contribution in [0.1, 0.15) is 5.56 Å². The number of benzene rings is 3. The lowest BCUT2D eigenvalue weighted by atomic mass is 10.2. The third-order valence-corrected chi connectivity index (χ3v) is 7.35. The van der Waals surface area contributed by atoms with E-state index in [1.54, 1.807) is 47.0 Å². The van der Waals surface area contributed by atoms with Gasteiger partial charge in [-0.25, -0.2) is 0 Å². The summed E-state index contributed by atoms with van der Waals surface area (Å²) >= 11 is 7.13. The van der Waals surface area contributed by atoms with Gasteiger partial charge in [0.05, 0.1) is 0 Å². The molecule has 0 unspecified atom stereocenters. The normalized spacial score (nSPS) is 10.7. The maximum atomic E-state index is 3.97. The van der Waals surface area contributed by atoms with Gasteiger partial charge in [0.15, 0.2) is 0 Å². The quantitative estimate of drug-likeness (QED) is 0.359. The third kappa shape index (κ3) is 5.17. The zero-order valence-electron chi connectivity index (χ0n) is 14.8. The first-order chi connectivity index (χ1) is 12.7. The lowest BCUT2D eigenvalue weighted by Crippen LogP contribution is -1.83. The van der Waals surface area contributed by atoms with Crippen LogP contribution in [0.3, 0.4) is 0 Å². The highest BCUT2D eigenvalue weighted by Crippen LogP contribution is 2.37. The molecule has 26 heavy (non-hydrogen) atoms. The van der Waals surface area contributed by atoms with E-state index in [4.69, 9.17) is 0 Å². The summed E-state index contributed by atoms with van der Waals surface area (Å²) in [5.74, 6) is 0. The van der Waals surface area contributed by atoms with Crippen molar-refractivity contribution in [2.45, 2.75) is 29.4 Å². The molecule has 3 aromatic carbocycles. The summed E-state index contributed by atoms with van der Waals surface area (Å²) in [6.45, 7) is 3.97. The molecule has 0 N–H and O–H groups in total. The zero-order chi connectivity index (χ0) is 18.4. The van der Waals surface area contributed by atoms with Gasteiger partial charge in [0.25, 0.3) is 0 Å². The largest absolute Gasteiger partial charge is 0.130 e. The first-order valence-corrected chi connectivity index (χ1v) is 12.2. The minimum absolute atomic E-state index is 1.17. The maximum absolute atomic E-state index is 3.97. The monoisotopic (exact) mass is 412 g/mol. The molecule has 4 heteroatoms. The Morgan fingerprint density at radius 1 is 0.615 bits per heavy atom. The average molecular weight is 413 g/mol. The molecule has 0 amide bonds. The number of thioether (sulfide) groups is 2. The van der Waals surface area contributed by atoms with Crippen LogP contribution in [0.25, 0.3) is 6.08 Å². The van der Waals surface area contributed by atoms with E-state index in [0.717, 1.165) is 0 Å². The number of rotatable bonds is 7. The van der Waals surface area contributed by atoms with Crippen LogP contribution in [0.4, 0.5) is 0 Å². The summed E-state index contributed by atoms with van der Waals surface area (Å²) in [7, 11) is 0. The predicted octanol–water partition coefficient (Wildman–Crippen LogP) is 8.08. The molecule has 132 valence electrons. The summed E-state index contributed by atoms with van der Waals surface area (Å²) in [5.41, 5.74) is 1.17. The smallest absolute Gasteiger partial charge is 0.0205 e. The van der Waals surface area contributed by atoms with Crippen molar-refractivity contribution >= 4 is 53.1 Å². The van der Waals surface area contributed by atoms with E-state index < -0.39 is 0 Å². The van der Waals surface area contributed by atoms with Gasteiger partial charge in [-0.1, -0.05) is 42.2 Å². The Morgan fingerprint density at radius 3 is 1.58 bits per heavy atom. The van der Waals surface area contributed by atoms with Gasteiger partial charge in [-0.3, -0.25) is 0 Å². The fraction of sp³-hybridized carbons (Fsp3) is 0.0909. The molecular weight excluding hydrogens is 393 g/mol. The second-order valence-electron chi connectivity index (χ2n) is 5.46. The van der Waals surface area contributed by atoms with Gasteiger partial charge in [-0.2, -0.15) is 0 Å². The van der Waals surface area contributed by atoms with E-state index >= 15 is 0 Å². The fourth-order valence-electron chi connectivity index (χ4n) is 2.39. The molecule has 0 aromatic heterocycles. The minimum Gasteiger partial charge on any atom is -0.130 e. The first kappa shape index (κ1) is 19.6. The molecule has 3 rings (SSSR count). The molecule has 0 aliphatic heterocycles. The highest BCUT2D eigenvalue weighted by molar-refractivity contribution is 8.00. The summed E-state index contributed by atoms with van der Waals surface area (Å²) in [5, 5.41) is 0. The van der Waals surface area contributed by atoms with Crippen LogP contribution in [-0.4, -0.2) is 12.5 Å². The molecule has 0 atom stereocenters. The topological polar surface area (TPSA) is 0 Å². The van der Waals surface area contributed by atoms with Crippen molar-refractivity contribution in [1.29, 1.82) is 0 Å². The minimum atomic E-state index is 1.17. The second-order valence-corrected chi connectivity index (χ2v) is 9.48. The lowest BCUT2D eigenvalue weighted by Gasteiger charge is -2.10. The van der Waals surface area contributed by atoms with Gasteiger partial charge >= 0.3 is 0 Å². The van der Waals surface area contributed by atoms with Crippen LogP contribution in [0.15, 0.2) is 103 Å². The Bertz CT molecular complexity index is 868. The van der Waals surface area contributed by atoms with Crippen LogP contribution >= 0.6 is 47.0 Å². The summed E-state index contributed by atoms with van der Waals surface area (Å²) in [6, 6.07) is 24.0. The molecule has 0 nitrogen and oxygen atoms in total. The third-order valence-electron chi connectivity index (χ3n) is 3.79. The van der Waals surface area contributed by atoms with Gasteiger partial charge in [0, 0.05) is 29.4 Å². The molecule has 0 fully saturated rings. The van der Waals surface area contributed by atoms with Crippen LogP contribution < -0.4 is 0 Å². The SMILES string of the molecule is C=Cc1ccc(Sc2ccc(SC)cc2)cc1Sc1ccc(SC)cc1. The molecule has 0 heterocycles. The Balaban J connectivity index is 1.81. The molecule has 0 spiro atoms. The molecule has 0 radical (unpaired) electrons. The van der Waals surface area contributed by atoms with E-state index in [2.05, 4.69) is 85.8 Å². The molecule has 3 aromatic rings. The fourth-order valence-corrected chi connectivity index (χ4v) is 5.12. The molecule has 0 aliphatic rings. The van der Waals surface area contributed by atoms with Crippen molar-refractivity contribution in [2.75, 3.05) is 12.5 Å². The van der Waals surface area contributed by atoms with Gasteiger partial charge in [-0.15, -0.1) is 23.5 Å². The summed E-state index contributed by atoms with van der Waals surface area (Å²) < 4.78 is 0. The van der Waals surface area contributed by atoms with E-state index in [1.165, 1.54) is 34.9 Å². The lowest BCUT2D eigenvalue weighted by molar-refractivity contribution is 1.28. The average Bonchev–Trinajstić information content (AvgIpc) is 2.69. The second kappa shape index (κ2) is 9.65. The summed E-state index contributed by atoms with van der Waals surface area (Å²) in [4.78, 5) is 7.57. The zero-order valence-corrected chi connectivity index (χ0v) is 18.0. The highest BCUT2D eigenvalue weighted by atomic mass is 32.2. The van der Waals surface area contributed by atoms with E-state index in [-0.39, 0.29) is 0 Å². The van der Waals surface area contributed by atoms with E-state index in [9.17, 15) is 0 Å². The van der Waals surface area contributed by atoms with Gasteiger partial charge in [0.2, 0.25) is 0 Å². The van der Waals surface area contributed by atoms with E-state index in [1.807, 2.05) is 6.08 Å². The van der Waals surface area contributed by atoms with Crippen molar-refractivity contribution in [1.82, 2.24) is 0 Å². The van der Waals surface area contributed by atoms with Gasteiger partial charge in [0.1, 0.15) is 0 Å². The first-order valence-electron chi connectivity index (χ1n) is 8.12. The van der Waals surface area contributed by atoms with Crippen molar-refractivity contribution in [2.24, 2.45) is 0 Å². The Hall–Kier alpha value is -1.20. The number of hydrogen-bond donors (Lipinski definition) is 0. The molecular formula is C22H20S4. The van der Waals surface area contributed by atoms with Crippen molar-refractivity contribution in [3.8, 4) is 0 Å². The van der Waals surface area contributed by atoms with Crippen molar-refractivity contribution < 1.29 is 0 Å². The number of hydrogen-bond acceptors (Lipinski definition) is 4. The standard InChI is InChI=1S/C22H20S4/c1-4-16-5-6-21(25-19-11-7-17(23-2)8-12-19)15-22(16)26-20-13-9-18(24-3)10-14-20/h4-15H,1H2,2-3H3. The van der Waals surface area contributed by atoms with Crippen molar-refractivity contribution in [3.63, 3.8) is 0 Å². The van der Waals surface area contributed by atoms with Crippen LogP contribution in [-0.2, 0) is 0 Å². The Kier molecular flexibility index (Phi) is 7.26. The maximum Gasteiger partial charge on any atom is 0.0205 e. The predicted molar refractivity (Wildman–Crippen MR) is 121 cm³/mol. The van der Waals surface area contributed by atoms with Crippen LogP contribution in [0.5, 0.6) is 0 Å². The van der Waals surface area contributed by atoms with Gasteiger partial charge in [-0.05, 0) is 78.7 Å². The summed E-state index contributed by atoms with van der Waals surface area (Å²) in [6.07, 6.45) is 6.14. The molecule has 0 aliphatic carbocycles. The molecule has 0 saturated carbocycles. The van der Waals surface area contributed by atoms with Gasteiger partial charge < -0.3 is 0 Å². The highest BCUT2D eigenvalue weighted by Gasteiger charge is 2.06. The van der Waals surface area contributed by atoms with E-state index in [0.29, 0.717) is 0 Å². The van der Waals surface area contributed by atoms with Crippen LogP contribution in [0.2, 0.25) is 0 Å². The Labute approximate surface area is 173 Å². The van der Waals surface area contributed by atoms with Crippen LogP contribution in [0, 0.1) is 0 Å². The molecule has 0 bridgehead atoms. The Morgan fingerprint density at radius 2 is 1.08 bits per heavy atom. The molecule has 0 saturated heterocycles.